The molecule has 1 aliphatic rings. The average molecular weight is 321 g/mol. The lowest BCUT2D eigenvalue weighted by Crippen LogP contribution is -2.07. The Bertz CT molecular complexity index is 671. The van der Waals surface area contributed by atoms with E-state index in [2.05, 4.69) is 60.6 Å². The Labute approximate surface area is 145 Å². The van der Waals surface area contributed by atoms with Crippen LogP contribution in [0.15, 0.2) is 53.7 Å². The number of oxime groups is 1. The highest BCUT2D eigenvalue weighted by Crippen LogP contribution is 2.33. The van der Waals surface area contributed by atoms with Crippen molar-refractivity contribution >= 4 is 6.21 Å². The minimum Gasteiger partial charge on any atom is -0.391 e. The van der Waals surface area contributed by atoms with Gasteiger partial charge in [0.15, 0.2) is 0 Å². The van der Waals surface area contributed by atoms with Gasteiger partial charge in [0.05, 0.1) is 6.21 Å². The van der Waals surface area contributed by atoms with Gasteiger partial charge in [0, 0.05) is 0 Å². The molecule has 24 heavy (non-hydrogen) atoms. The van der Waals surface area contributed by atoms with E-state index in [4.69, 9.17) is 4.84 Å². The van der Waals surface area contributed by atoms with Crippen LogP contribution in [0, 0.1) is 0 Å². The van der Waals surface area contributed by atoms with E-state index in [1.165, 1.54) is 54.4 Å². The Hall–Kier alpha value is -2.09. The second-order valence-electron chi connectivity index (χ2n) is 6.65. The van der Waals surface area contributed by atoms with Gasteiger partial charge in [0.1, 0.15) is 6.61 Å². The Morgan fingerprint density at radius 2 is 1.79 bits per heavy atom. The maximum absolute atomic E-state index is 5.53. The van der Waals surface area contributed by atoms with Crippen molar-refractivity contribution in [2.24, 2.45) is 5.16 Å². The number of benzene rings is 2. The second kappa shape index (κ2) is 8.68. The molecule has 0 N–H and O–H groups in total. The van der Waals surface area contributed by atoms with Gasteiger partial charge in [-0.05, 0) is 47.4 Å². The molecule has 0 heterocycles. The normalized spacial score (nSPS) is 15.7. The van der Waals surface area contributed by atoms with Crippen LogP contribution in [0.4, 0.5) is 0 Å². The van der Waals surface area contributed by atoms with Crippen LogP contribution in [-0.4, -0.2) is 6.21 Å². The summed E-state index contributed by atoms with van der Waals surface area (Å²) in [5, 5.41) is 4.22. The van der Waals surface area contributed by atoms with Crippen molar-refractivity contribution in [2.45, 2.75) is 58.0 Å². The van der Waals surface area contributed by atoms with Crippen LogP contribution < -0.4 is 0 Å². The van der Waals surface area contributed by atoms with E-state index in [1.54, 1.807) is 0 Å². The molecule has 0 bridgehead atoms. The molecule has 0 radical (unpaired) electrons. The Balaban J connectivity index is 1.62. The predicted octanol–water partition coefficient (Wildman–Crippen LogP) is 5.85. The highest BCUT2D eigenvalue weighted by atomic mass is 16.6. The van der Waals surface area contributed by atoms with E-state index < -0.39 is 0 Å². The fourth-order valence-electron chi connectivity index (χ4n) is 3.56. The van der Waals surface area contributed by atoms with Gasteiger partial charge in [-0.1, -0.05) is 79.9 Å². The molecule has 3 rings (SSSR count). The van der Waals surface area contributed by atoms with Gasteiger partial charge in [0.2, 0.25) is 0 Å². The van der Waals surface area contributed by atoms with E-state index in [0.29, 0.717) is 12.5 Å². The summed E-state index contributed by atoms with van der Waals surface area (Å²) in [6.45, 7) is 2.69. The summed E-state index contributed by atoms with van der Waals surface area (Å²) in [6, 6.07) is 17.1. The zero-order valence-electron chi connectivity index (χ0n) is 14.6. The van der Waals surface area contributed by atoms with Crippen molar-refractivity contribution in [3.05, 3.63) is 70.8 Å². The summed E-state index contributed by atoms with van der Waals surface area (Å²) in [6.07, 6.45) is 9.61. The maximum Gasteiger partial charge on any atom is 0.142 e. The first-order valence-electron chi connectivity index (χ1n) is 9.19. The lowest BCUT2D eigenvalue weighted by atomic mass is 9.82. The second-order valence-corrected chi connectivity index (χ2v) is 6.65. The molecule has 0 aromatic heterocycles. The van der Waals surface area contributed by atoms with Crippen LogP contribution in [0.5, 0.6) is 0 Å². The van der Waals surface area contributed by atoms with Crippen molar-refractivity contribution in [3.8, 4) is 0 Å². The van der Waals surface area contributed by atoms with Gasteiger partial charge in [-0.3, -0.25) is 0 Å². The summed E-state index contributed by atoms with van der Waals surface area (Å²) in [7, 11) is 0. The van der Waals surface area contributed by atoms with Crippen molar-refractivity contribution in [1.29, 1.82) is 0 Å². The van der Waals surface area contributed by atoms with E-state index in [-0.39, 0.29) is 0 Å². The van der Waals surface area contributed by atoms with Gasteiger partial charge >= 0.3 is 0 Å². The van der Waals surface area contributed by atoms with Crippen LogP contribution >= 0.6 is 0 Å². The number of rotatable bonds is 6. The van der Waals surface area contributed by atoms with Crippen LogP contribution in [-0.2, 0) is 17.9 Å². The first kappa shape index (κ1) is 16.8. The minimum atomic E-state index is 0.524. The molecule has 0 saturated heterocycles. The molecular formula is C22H27NO. The van der Waals surface area contributed by atoms with Crippen molar-refractivity contribution < 1.29 is 4.84 Å². The summed E-state index contributed by atoms with van der Waals surface area (Å²) in [5.41, 5.74) is 5.14. The molecule has 0 unspecified atom stereocenters. The van der Waals surface area contributed by atoms with Crippen LogP contribution in [0.3, 0.4) is 0 Å². The van der Waals surface area contributed by atoms with E-state index in [1.807, 2.05) is 6.21 Å². The van der Waals surface area contributed by atoms with E-state index in [0.717, 1.165) is 6.42 Å². The summed E-state index contributed by atoms with van der Waals surface area (Å²) in [5.74, 6) is 0.683. The molecule has 2 nitrogen and oxygen atoms in total. The van der Waals surface area contributed by atoms with Crippen molar-refractivity contribution in [2.75, 3.05) is 0 Å². The Morgan fingerprint density at radius 1 is 1.00 bits per heavy atom. The van der Waals surface area contributed by atoms with Gasteiger partial charge in [-0.25, -0.2) is 0 Å². The molecule has 0 spiro atoms. The summed E-state index contributed by atoms with van der Waals surface area (Å²) < 4.78 is 0. The molecule has 1 fully saturated rings. The van der Waals surface area contributed by atoms with Crippen molar-refractivity contribution in [3.63, 3.8) is 0 Å². The topological polar surface area (TPSA) is 21.6 Å². The molecule has 0 aliphatic heterocycles. The lowest BCUT2D eigenvalue weighted by molar-refractivity contribution is 0.132. The monoisotopic (exact) mass is 321 g/mol. The number of nitrogens with zero attached hydrogens (tertiary/aromatic N) is 1. The molecule has 2 aromatic carbocycles. The number of hydrogen-bond donors (Lipinski definition) is 0. The third kappa shape index (κ3) is 4.47. The predicted molar refractivity (Wildman–Crippen MR) is 100 cm³/mol. The molecule has 0 atom stereocenters. The highest BCUT2D eigenvalue weighted by Gasteiger charge is 2.17. The van der Waals surface area contributed by atoms with Gasteiger partial charge in [-0.15, -0.1) is 0 Å². The largest absolute Gasteiger partial charge is 0.391 e. The third-order valence-electron chi connectivity index (χ3n) is 4.94. The molecular weight excluding hydrogens is 294 g/mol. The lowest BCUT2D eigenvalue weighted by Gasteiger charge is -2.23. The van der Waals surface area contributed by atoms with Crippen LogP contribution in [0.1, 0.15) is 67.2 Å². The third-order valence-corrected chi connectivity index (χ3v) is 4.94. The minimum absolute atomic E-state index is 0.524. The van der Waals surface area contributed by atoms with Crippen LogP contribution in [0.2, 0.25) is 0 Å². The summed E-state index contributed by atoms with van der Waals surface area (Å²) >= 11 is 0. The molecule has 1 saturated carbocycles. The molecule has 2 aromatic rings. The Morgan fingerprint density at radius 3 is 2.62 bits per heavy atom. The Kier molecular flexibility index (Phi) is 6.06. The molecule has 1 aliphatic carbocycles. The standard InChI is InChI=1S/C22H27NO/c1-2-18-9-8-10-19(15-18)17-24-23-16-21-13-6-7-14-22(21)20-11-4-3-5-12-20/h6-10,13-16,20H,2-5,11-12,17H2,1H3. The van der Waals surface area contributed by atoms with Gasteiger partial charge in [0.25, 0.3) is 0 Å². The fraction of sp³-hybridized carbons (Fsp3) is 0.409. The number of hydrogen-bond acceptors (Lipinski definition) is 2. The molecule has 0 amide bonds. The van der Waals surface area contributed by atoms with E-state index in [9.17, 15) is 0 Å². The fourth-order valence-corrected chi connectivity index (χ4v) is 3.56. The quantitative estimate of drug-likeness (QED) is 0.483. The molecule has 2 heteroatoms. The van der Waals surface area contributed by atoms with Crippen LogP contribution in [0.25, 0.3) is 0 Å². The zero-order chi connectivity index (χ0) is 16.6. The first-order valence-corrected chi connectivity index (χ1v) is 9.19. The van der Waals surface area contributed by atoms with Crippen molar-refractivity contribution in [1.82, 2.24) is 0 Å². The number of aryl methyl sites for hydroxylation is 1. The molecule has 126 valence electrons. The van der Waals surface area contributed by atoms with Gasteiger partial charge in [-0.2, -0.15) is 0 Å². The average Bonchev–Trinajstić information content (AvgIpc) is 2.66. The SMILES string of the molecule is CCc1cccc(CON=Cc2ccccc2C2CCCCC2)c1. The van der Waals surface area contributed by atoms with Gasteiger partial charge < -0.3 is 4.84 Å². The smallest absolute Gasteiger partial charge is 0.142 e. The highest BCUT2D eigenvalue weighted by molar-refractivity contribution is 5.81. The van der Waals surface area contributed by atoms with E-state index >= 15 is 0 Å². The zero-order valence-corrected chi connectivity index (χ0v) is 14.6. The maximum atomic E-state index is 5.53. The first-order chi connectivity index (χ1) is 11.9. The summed E-state index contributed by atoms with van der Waals surface area (Å²) in [4.78, 5) is 5.53.